The van der Waals surface area contributed by atoms with Gasteiger partial charge in [-0.15, -0.1) is 0 Å². The van der Waals surface area contributed by atoms with Crippen molar-refractivity contribution in [2.24, 2.45) is 0 Å². The molecule has 0 unspecified atom stereocenters. The van der Waals surface area contributed by atoms with Crippen LogP contribution in [-0.2, 0) is 16.0 Å². The lowest BCUT2D eigenvalue weighted by atomic mass is 10.1. The molecule has 0 saturated carbocycles. The molecule has 40 heavy (non-hydrogen) atoms. The highest BCUT2D eigenvalue weighted by molar-refractivity contribution is 6.06. The number of hydrogen-bond donors (Lipinski definition) is 4. The Labute approximate surface area is 232 Å². The molecule has 1 amide bonds. The second-order valence-corrected chi connectivity index (χ2v) is 9.20. The van der Waals surface area contributed by atoms with Crippen molar-refractivity contribution < 1.29 is 29.0 Å². The van der Waals surface area contributed by atoms with Gasteiger partial charge in [-0.05, 0) is 86.3 Å². The van der Waals surface area contributed by atoms with E-state index in [0.29, 0.717) is 40.8 Å². The van der Waals surface area contributed by atoms with Crippen molar-refractivity contribution in [3.8, 4) is 5.75 Å². The maximum Gasteiger partial charge on any atom is 0.345 e. The third-order valence-electron chi connectivity index (χ3n) is 6.24. The molecule has 0 aliphatic rings. The molecule has 208 valence electrons. The van der Waals surface area contributed by atoms with Gasteiger partial charge >= 0.3 is 11.9 Å². The zero-order valence-corrected chi connectivity index (χ0v) is 22.4. The second-order valence-electron chi connectivity index (χ2n) is 9.20. The van der Waals surface area contributed by atoms with E-state index in [-0.39, 0.29) is 19.1 Å². The molecule has 0 spiro atoms. The van der Waals surface area contributed by atoms with Gasteiger partial charge in [-0.3, -0.25) is 4.79 Å². The fourth-order valence-electron chi connectivity index (χ4n) is 4.19. The number of unbranched alkanes of at least 4 members (excludes halogenated alkanes) is 1. The first-order valence-corrected chi connectivity index (χ1v) is 13.3. The van der Waals surface area contributed by atoms with Crippen molar-refractivity contribution in [1.82, 2.24) is 4.98 Å². The lowest BCUT2D eigenvalue weighted by Crippen LogP contribution is -2.12. The van der Waals surface area contributed by atoms with Gasteiger partial charge in [0, 0.05) is 48.0 Å². The summed E-state index contributed by atoms with van der Waals surface area (Å²) < 4.78 is 10.5. The first kappa shape index (κ1) is 28.4. The van der Waals surface area contributed by atoms with Crippen LogP contribution in [0, 0.1) is 0 Å². The van der Waals surface area contributed by atoms with Crippen LogP contribution < -0.4 is 15.4 Å². The predicted molar refractivity (Wildman–Crippen MR) is 154 cm³/mol. The molecule has 0 saturated heterocycles. The van der Waals surface area contributed by atoms with Gasteiger partial charge in [-0.2, -0.15) is 0 Å². The van der Waals surface area contributed by atoms with Gasteiger partial charge in [0.25, 0.3) is 0 Å². The SMILES string of the molecule is CCOC(=O)c1ccc(OC(=O)c2c[nH]c3ccc(NC(=O)CCc4cccc(NCCCCO)c4)cc23)cc1. The molecule has 9 heteroatoms. The minimum Gasteiger partial charge on any atom is -0.462 e. The predicted octanol–water partition coefficient (Wildman–Crippen LogP) is 5.32. The number of H-pyrrole nitrogens is 1. The summed E-state index contributed by atoms with van der Waals surface area (Å²) in [6.45, 7) is 2.97. The maximum absolute atomic E-state index is 12.9. The van der Waals surface area contributed by atoms with Crippen molar-refractivity contribution in [2.75, 3.05) is 30.4 Å². The zero-order valence-electron chi connectivity index (χ0n) is 22.4. The Hall–Kier alpha value is -4.63. The molecule has 0 fully saturated rings. The van der Waals surface area contributed by atoms with Crippen molar-refractivity contribution in [3.63, 3.8) is 0 Å². The number of carbonyl (C=O) groups is 3. The van der Waals surface area contributed by atoms with E-state index in [0.717, 1.165) is 36.2 Å². The van der Waals surface area contributed by atoms with Crippen LogP contribution in [0.5, 0.6) is 5.75 Å². The highest BCUT2D eigenvalue weighted by Crippen LogP contribution is 2.25. The molecular formula is C31H33N3O6. The normalized spacial score (nSPS) is 10.8. The smallest absolute Gasteiger partial charge is 0.345 e. The van der Waals surface area contributed by atoms with E-state index in [2.05, 4.69) is 15.6 Å². The van der Waals surface area contributed by atoms with Crippen LogP contribution in [0.4, 0.5) is 11.4 Å². The Kier molecular flexibility index (Phi) is 9.90. The molecule has 0 radical (unpaired) electrons. The number of aromatic nitrogens is 1. The third-order valence-corrected chi connectivity index (χ3v) is 6.24. The fraction of sp³-hybridized carbons (Fsp3) is 0.258. The number of hydrogen-bond acceptors (Lipinski definition) is 7. The summed E-state index contributed by atoms with van der Waals surface area (Å²) in [5.41, 5.74) is 4.03. The molecule has 0 aliphatic carbocycles. The third kappa shape index (κ3) is 7.70. The van der Waals surface area contributed by atoms with E-state index >= 15 is 0 Å². The number of aromatic amines is 1. The van der Waals surface area contributed by atoms with Gasteiger partial charge in [0.05, 0.1) is 17.7 Å². The topological polar surface area (TPSA) is 130 Å². The number of aliphatic hydroxyl groups is 1. The summed E-state index contributed by atoms with van der Waals surface area (Å²) in [6.07, 6.45) is 4.10. The molecule has 1 heterocycles. The Morgan fingerprint density at radius 1 is 0.925 bits per heavy atom. The molecule has 0 bridgehead atoms. The van der Waals surface area contributed by atoms with Crippen molar-refractivity contribution >= 4 is 40.1 Å². The molecule has 3 aromatic carbocycles. The molecule has 0 aliphatic heterocycles. The number of rotatable bonds is 13. The maximum atomic E-state index is 12.9. The molecule has 4 N–H and O–H groups in total. The standard InChI is InChI=1S/C31H33N3O6/c1-2-39-30(37)22-9-12-25(13-10-22)40-31(38)27-20-33-28-14-11-24(19-26(27)28)34-29(36)15-8-21-6-5-7-23(18-21)32-16-3-4-17-35/h5-7,9-14,18-20,32-33,35H,2-4,8,15-17H2,1H3,(H,34,36). The highest BCUT2D eigenvalue weighted by Gasteiger charge is 2.16. The fourth-order valence-corrected chi connectivity index (χ4v) is 4.19. The molecule has 4 rings (SSSR count). The molecule has 4 aromatic rings. The minimum absolute atomic E-state index is 0.137. The van der Waals surface area contributed by atoms with Gasteiger partial charge in [0.1, 0.15) is 5.75 Å². The summed E-state index contributed by atoms with van der Waals surface area (Å²) in [4.78, 5) is 40.5. The summed E-state index contributed by atoms with van der Waals surface area (Å²) in [7, 11) is 0. The number of benzene rings is 3. The van der Waals surface area contributed by atoms with Crippen molar-refractivity contribution in [2.45, 2.75) is 32.6 Å². The Bertz CT molecular complexity index is 1460. The van der Waals surface area contributed by atoms with Crippen LogP contribution >= 0.6 is 0 Å². The minimum atomic E-state index is -0.566. The Balaban J connectivity index is 1.35. The lowest BCUT2D eigenvalue weighted by molar-refractivity contribution is -0.116. The van der Waals surface area contributed by atoms with E-state index in [1.54, 1.807) is 31.3 Å². The van der Waals surface area contributed by atoms with Crippen molar-refractivity contribution in [3.05, 3.63) is 89.6 Å². The van der Waals surface area contributed by atoms with E-state index in [1.165, 1.54) is 24.3 Å². The number of fused-ring (bicyclic) bond motifs is 1. The molecule has 0 atom stereocenters. The van der Waals surface area contributed by atoms with Gasteiger partial charge in [-0.25, -0.2) is 9.59 Å². The number of ether oxygens (including phenoxy) is 2. The summed E-state index contributed by atoms with van der Waals surface area (Å²) in [6, 6.07) is 19.4. The van der Waals surface area contributed by atoms with Crippen LogP contribution in [0.25, 0.3) is 10.9 Å². The van der Waals surface area contributed by atoms with Crippen LogP contribution in [-0.4, -0.2) is 47.7 Å². The number of esters is 2. The van der Waals surface area contributed by atoms with Gasteiger partial charge in [-0.1, -0.05) is 12.1 Å². The summed E-state index contributed by atoms with van der Waals surface area (Å²) >= 11 is 0. The Morgan fingerprint density at radius 2 is 1.75 bits per heavy atom. The van der Waals surface area contributed by atoms with Crippen LogP contribution in [0.2, 0.25) is 0 Å². The van der Waals surface area contributed by atoms with Gasteiger partial charge in [0.15, 0.2) is 0 Å². The molecular weight excluding hydrogens is 510 g/mol. The molecule has 1 aromatic heterocycles. The van der Waals surface area contributed by atoms with E-state index < -0.39 is 11.9 Å². The highest BCUT2D eigenvalue weighted by atomic mass is 16.5. The number of carbonyl (C=O) groups excluding carboxylic acids is 3. The summed E-state index contributed by atoms with van der Waals surface area (Å²) in [5, 5.41) is 15.8. The number of aryl methyl sites for hydroxylation is 1. The monoisotopic (exact) mass is 543 g/mol. The van der Waals surface area contributed by atoms with Crippen LogP contribution in [0.3, 0.4) is 0 Å². The number of nitrogens with one attached hydrogen (secondary N) is 3. The largest absolute Gasteiger partial charge is 0.462 e. The van der Waals surface area contributed by atoms with Crippen LogP contribution in [0.1, 0.15) is 52.5 Å². The number of aliphatic hydroxyl groups excluding tert-OH is 1. The average molecular weight is 544 g/mol. The van der Waals surface area contributed by atoms with E-state index in [1.807, 2.05) is 24.3 Å². The number of anilines is 2. The quantitative estimate of drug-likeness (QED) is 0.102. The average Bonchev–Trinajstić information content (AvgIpc) is 3.38. The van der Waals surface area contributed by atoms with Gasteiger partial charge in [0.2, 0.25) is 5.91 Å². The van der Waals surface area contributed by atoms with Crippen LogP contribution in [0.15, 0.2) is 72.9 Å². The zero-order chi connectivity index (χ0) is 28.3. The van der Waals surface area contributed by atoms with Crippen molar-refractivity contribution in [1.29, 1.82) is 0 Å². The summed E-state index contributed by atoms with van der Waals surface area (Å²) in [5.74, 6) is -0.853. The lowest BCUT2D eigenvalue weighted by Gasteiger charge is -2.09. The second kappa shape index (κ2) is 14.0. The first-order valence-electron chi connectivity index (χ1n) is 13.3. The Morgan fingerprint density at radius 3 is 2.52 bits per heavy atom. The number of amides is 1. The van der Waals surface area contributed by atoms with E-state index in [9.17, 15) is 14.4 Å². The first-order chi connectivity index (χ1) is 19.5. The van der Waals surface area contributed by atoms with Gasteiger partial charge < -0.3 is 30.2 Å². The van der Waals surface area contributed by atoms with E-state index in [4.69, 9.17) is 14.6 Å². The molecule has 9 nitrogen and oxygen atoms in total.